The molecule has 0 fully saturated rings. The molecule has 0 aromatic heterocycles. The molecule has 3 rings (SSSR count). The molecule has 0 saturated carbocycles. The van der Waals surface area contributed by atoms with Gasteiger partial charge in [0.2, 0.25) is 21.8 Å². The summed E-state index contributed by atoms with van der Waals surface area (Å²) in [6, 6.07) is 26.6. The molecule has 0 heterocycles. The minimum absolute atomic E-state index is 0.0459. The van der Waals surface area contributed by atoms with Crippen molar-refractivity contribution in [2.75, 3.05) is 32.6 Å². The van der Waals surface area contributed by atoms with E-state index < -0.39 is 28.5 Å². The minimum Gasteiger partial charge on any atom is -0.382 e. The number of amides is 2. The van der Waals surface area contributed by atoms with Crippen LogP contribution in [0.4, 0.5) is 0 Å². The Morgan fingerprint density at radius 2 is 1.38 bits per heavy atom. The highest BCUT2D eigenvalue weighted by Crippen LogP contribution is 2.25. The fourth-order valence-corrected chi connectivity index (χ4v) is 4.89. The maximum Gasteiger partial charge on any atom is 0.247 e. The van der Waals surface area contributed by atoms with E-state index in [1.165, 1.54) is 4.90 Å². The van der Waals surface area contributed by atoms with Gasteiger partial charge in [0, 0.05) is 32.8 Å². The highest BCUT2D eigenvalue weighted by atomic mass is 32.2. The summed E-state index contributed by atoms with van der Waals surface area (Å²) in [5.41, 5.74) is 2.22. The monoisotopic (exact) mass is 551 g/mol. The number of rotatable bonds is 15. The number of carbonyl (C=O) groups excluding carboxylic acids is 2. The van der Waals surface area contributed by atoms with Crippen molar-refractivity contribution in [1.29, 1.82) is 0 Å². The predicted octanol–water partition coefficient (Wildman–Crippen LogP) is 3.76. The molecule has 0 saturated heterocycles. The van der Waals surface area contributed by atoms with Gasteiger partial charge in [0.15, 0.2) is 0 Å². The molecule has 9 heteroatoms. The van der Waals surface area contributed by atoms with Crippen LogP contribution in [0, 0.1) is 0 Å². The van der Waals surface area contributed by atoms with Crippen molar-refractivity contribution in [3.8, 4) is 0 Å². The van der Waals surface area contributed by atoms with Gasteiger partial charge in [-0.25, -0.2) is 8.42 Å². The Balaban J connectivity index is 1.94. The molecule has 208 valence electrons. The van der Waals surface area contributed by atoms with Gasteiger partial charge in [-0.05, 0) is 30.0 Å². The summed E-state index contributed by atoms with van der Waals surface area (Å²) in [7, 11) is -3.73. The Labute approximate surface area is 231 Å². The average molecular weight is 552 g/mol. The molecule has 3 aromatic rings. The normalized spacial score (nSPS) is 12.2. The number of carbonyl (C=O) groups is 2. The first-order valence-corrected chi connectivity index (χ1v) is 14.9. The van der Waals surface area contributed by atoms with Gasteiger partial charge in [-0.2, -0.15) is 4.31 Å². The number of nitrogens with zero attached hydrogens (tertiary/aromatic N) is 2. The minimum atomic E-state index is -3.73. The number of hydrogen-bond donors (Lipinski definition) is 1. The Morgan fingerprint density at radius 1 is 0.846 bits per heavy atom. The zero-order chi connectivity index (χ0) is 28.1. The van der Waals surface area contributed by atoms with E-state index in [2.05, 4.69) is 5.32 Å². The second-order valence-electron chi connectivity index (χ2n) is 9.18. The zero-order valence-corrected chi connectivity index (χ0v) is 23.3. The second-order valence-corrected chi connectivity index (χ2v) is 11.2. The van der Waals surface area contributed by atoms with Crippen molar-refractivity contribution in [2.45, 2.75) is 32.5 Å². The first kappa shape index (κ1) is 30.0. The highest BCUT2D eigenvalue weighted by molar-refractivity contribution is 7.88. The van der Waals surface area contributed by atoms with Gasteiger partial charge in [-0.15, -0.1) is 0 Å². The van der Waals surface area contributed by atoms with Gasteiger partial charge in [0.1, 0.15) is 6.04 Å². The third-order valence-corrected chi connectivity index (χ3v) is 7.34. The molecule has 0 aliphatic carbocycles. The molecular formula is C30H37N3O5S. The van der Waals surface area contributed by atoms with Gasteiger partial charge in [0.05, 0.1) is 12.8 Å². The fraction of sp³-hybridized carbons (Fsp3) is 0.333. The van der Waals surface area contributed by atoms with Crippen LogP contribution >= 0.6 is 0 Å². The standard InChI is InChI=1S/C30H37N3O5S/c1-3-38-21-13-20-31-30(35)29(27-18-11-6-12-19-27)33(23-26-16-9-5-10-17-26)28(34)24-32(39(2,36)37)22-25-14-7-4-8-15-25/h4-12,14-19,29H,3,13,20-24H2,1-2H3,(H,31,35)/t29-/m1/s1. The third-order valence-electron chi connectivity index (χ3n) is 6.14. The summed E-state index contributed by atoms with van der Waals surface area (Å²) in [5.74, 6) is -0.811. The van der Waals surface area contributed by atoms with Gasteiger partial charge >= 0.3 is 0 Å². The average Bonchev–Trinajstić information content (AvgIpc) is 2.93. The Morgan fingerprint density at radius 3 is 1.92 bits per heavy atom. The summed E-state index contributed by atoms with van der Waals surface area (Å²) in [5, 5.41) is 2.94. The predicted molar refractivity (Wildman–Crippen MR) is 152 cm³/mol. The first-order valence-electron chi connectivity index (χ1n) is 13.0. The summed E-state index contributed by atoms with van der Waals surface area (Å²) >= 11 is 0. The molecule has 0 radical (unpaired) electrons. The van der Waals surface area contributed by atoms with Crippen LogP contribution in [0.25, 0.3) is 0 Å². The second kappa shape index (κ2) is 15.2. The number of ether oxygens (including phenoxy) is 1. The van der Waals surface area contributed by atoms with E-state index in [0.717, 1.165) is 21.7 Å². The van der Waals surface area contributed by atoms with Crippen LogP contribution in [0.1, 0.15) is 36.1 Å². The van der Waals surface area contributed by atoms with E-state index in [-0.39, 0.29) is 19.0 Å². The molecule has 0 bridgehead atoms. The lowest BCUT2D eigenvalue weighted by molar-refractivity contribution is -0.141. The Hall–Kier alpha value is -3.53. The van der Waals surface area contributed by atoms with Crippen LogP contribution in [0.15, 0.2) is 91.0 Å². The number of nitrogens with one attached hydrogen (secondary N) is 1. The van der Waals surface area contributed by atoms with Gasteiger partial charge in [-0.1, -0.05) is 91.0 Å². The SMILES string of the molecule is CCOCCCNC(=O)[C@@H](c1ccccc1)N(Cc1ccccc1)C(=O)CN(Cc1ccccc1)S(C)(=O)=O. The summed E-state index contributed by atoms with van der Waals surface area (Å²) in [4.78, 5) is 29.0. The van der Waals surface area contributed by atoms with E-state index in [9.17, 15) is 18.0 Å². The van der Waals surface area contributed by atoms with Crippen LogP contribution in [-0.4, -0.2) is 62.0 Å². The third kappa shape index (κ3) is 9.62. The van der Waals surface area contributed by atoms with Crippen LogP contribution < -0.4 is 5.32 Å². The molecule has 8 nitrogen and oxygen atoms in total. The highest BCUT2D eigenvalue weighted by Gasteiger charge is 2.33. The number of hydrogen-bond acceptors (Lipinski definition) is 5. The summed E-state index contributed by atoms with van der Waals surface area (Å²) < 4.78 is 32.0. The number of sulfonamides is 1. The molecule has 0 aliphatic heterocycles. The lowest BCUT2D eigenvalue weighted by atomic mass is 10.0. The first-order chi connectivity index (χ1) is 18.8. The molecular weight excluding hydrogens is 514 g/mol. The maximum atomic E-state index is 13.9. The molecule has 0 aliphatic rings. The fourth-order valence-electron chi connectivity index (χ4n) is 4.16. The van der Waals surface area contributed by atoms with Crippen molar-refractivity contribution in [1.82, 2.24) is 14.5 Å². The van der Waals surface area contributed by atoms with Crippen LogP contribution in [0.3, 0.4) is 0 Å². The summed E-state index contributed by atoms with van der Waals surface area (Å²) in [6.45, 7) is 3.19. The summed E-state index contributed by atoms with van der Waals surface area (Å²) in [6.07, 6.45) is 1.72. The van der Waals surface area contributed by atoms with Gasteiger partial charge in [-0.3, -0.25) is 9.59 Å². The van der Waals surface area contributed by atoms with Crippen molar-refractivity contribution in [2.24, 2.45) is 0 Å². The molecule has 3 aromatic carbocycles. The van der Waals surface area contributed by atoms with Crippen LogP contribution in [0.2, 0.25) is 0 Å². The molecule has 0 unspecified atom stereocenters. The van der Waals surface area contributed by atoms with Crippen molar-refractivity contribution >= 4 is 21.8 Å². The lowest BCUT2D eigenvalue weighted by Gasteiger charge is -2.33. The maximum absolute atomic E-state index is 13.9. The smallest absolute Gasteiger partial charge is 0.247 e. The van der Waals surface area contributed by atoms with E-state index >= 15 is 0 Å². The number of benzene rings is 3. The van der Waals surface area contributed by atoms with E-state index in [0.29, 0.717) is 31.7 Å². The van der Waals surface area contributed by atoms with Crippen molar-refractivity contribution in [3.63, 3.8) is 0 Å². The largest absolute Gasteiger partial charge is 0.382 e. The molecule has 1 N–H and O–H groups in total. The zero-order valence-electron chi connectivity index (χ0n) is 22.5. The van der Waals surface area contributed by atoms with Crippen LogP contribution in [-0.2, 0) is 37.4 Å². The molecule has 39 heavy (non-hydrogen) atoms. The van der Waals surface area contributed by atoms with Crippen LogP contribution in [0.5, 0.6) is 0 Å². The lowest BCUT2D eigenvalue weighted by Crippen LogP contribution is -2.48. The molecule has 2 amide bonds. The topological polar surface area (TPSA) is 96.0 Å². The van der Waals surface area contributed by atoms with E-state index in [1.54, 1.807) is 12.1 Å². The Kier molecular flexibility index (Phi) is 11.7. The van der Waals surface area contributed by atoms with Crippen molar-refractivity contribution in [3.05, 3.63) is 108 Å². The van der Waals surface area contributed by atoms with E-state index in [1.807, 2.05) is 85.8 Å². The molecule has 0 spiro atoms. The molecule has 1 atom stereocenters. The van der Waals surface area contributed by atoms with E-state index in [4.69, 9.17) is 4.74 Å². The van der Waals surface area contributed by atoms with Gasteiger partial charge in [0.25, 0.3) is 0 Å². The quantitative estimate of drug-likeness (QED) is 0.290. The van der Waals surface area contributed by atoms with Crippen molar-refractivity contribution < 1.29 is 22.7 Å². The van der Waals surface area contributed by atoms with Gasteiger partial charge < -0.3 is 15.0 Å². The Bertz CT molecular complexity index is 1270.